The van der Waals surface area contributed by atoms with E-state index in [4.69, 9.17) is 0 Å². The molecule has 1 atom stereocenters. The highest BCUT2D eigenvalue weighted by Gasteiger charge is 2.32. The number of benzene rings is 1. The highest BCUT2D eigenvalue weighted by Crippen LogP contribution is 2.26. The summed E-state index contributed by atoms with van der Waals surface area (Å²) in [4.78, 5) is 46.0. The Labute approximate surface area is 145 Å². The van der Waals surface area contributed by atoms with Crippen LogP contribution in [0.4, 0.5) is 0 Å². The van der Waals surface area contributed by atoms with Gasteiger partial charge in [-0.1, -0.05) is 30.3 Å². The van der Waals surface area contributed by atoms with E-state index in [2.05, 4.69) is 9.97 Å². The first kappa shape index (κ1) is 16.9. The van der Waals surface area contributed by atoms with Gasteiger partial charge in [0.15, 0.2) is 0 Å². The molecule has 1 aliphatic rings. The Morgan fingerprint density at radius 2 is 1.92 bits per heavy atom. The summed E-state index contributed by atoms with van der Waals surface area (Å²) in [6.07, 6.45) is 0. The fourth-order valence-corrected chi connectivity index (χ4v) is 3.16. The lowest BCUT2D eigenvalue weighted by Gasteiger charge is -2.41. The molecule has 0 radical (unpaired) electrons. The summed E-state index contributed by atoms with van der Waals surface area (Å²) >= 11 is 0. The summed E-state index contributed by atoms with van der Waals surface area (Å²) < 4.78 is 0. The molecule has 7 nitrogen and oxygen atoms in total. The predicted molar refractivity (Wildman–Crippen MR) is 92.1 cm³/mol. The maximum absolute atomic E-state index is 12.8. The van der Waals surface area contributed by atoms with Crippen LogP contribution in [-0.2, 0) is 4.79 Å². The molecule has 1 N–H and O–H groups in total. The summed E-state index contributed by atoms with van der Waals surface area (Å²) in [6, 6.07) is 11.0. The van der Waals surface area contributed by atoms with E-state index in [1.165, 1.54) is 6.92 Å². The monoisotopic (exact) mass is 340 g/mol. The molecule has 0 spiro atoms. The third-order valence-electron chi connectivity index (χ3n) is 4.35. The number of hydrogen-bond donors (Lipinski definition) is 1. The number of carbonyl (C=O) groups is 2. The molecule has 1 saturated heterocycles. The number of hydrogen-bond acceptors (Lipinski definition) is 4. The van der Waals surface area contributed by atoms with Gasteiger partial charge in [0, 0.05) is 32.3 Å². The minimum Gasteiger partial charge on any atom is -0.333 e. The van der Waals surface area contributed by atoms with Crippen LogP contribution < -0.4 is 5.69 Å². The molecule has 2 aromatic rings. The van der Waals surface area contributed by atoms with Gasteiger partial charge in [-0.25, -0.2) is 4.79 Å². The van der Waals surface area contributed by atoms with E-state index in [0.29, 0.717) is 25.3 Å². The SMILES string of the molecule is CC(=O)N1CCN(C(=O)c2cc(C)[nH]c(=O)n2)C[C@@H]1c1ccccc1. The highest BCUT2D eigenvalue weighted by molar-refractivity contribution is 5.92. The quantitative estimate of drug-likeness (QED) is 0.888. The Bertz CT molecular complexity index is 847. The van der Waals surface area contributed by atoms with Crippen LogP contribution in [0.5, 0.6) is 0 Å². The number of aryl methyl sites for hydroxylation is 1. The fraction of sp³-hybridized carbons (Fsp3) is 0.333. The van der Waals surface area contributed by atoms with Crippen LogP contribution >= 0.6 is 0 Å². The number of aromatic nitrogens is 2. The molecule has 0 bridgehead atoms. The average molecular weight is 340 g/mol. The summed E-state index contributed by atoms with van der Waals surface area (Å²) in [5.41, 5.74) is 1.16. The maximum Gasteiger partial charge on any atom is 0.345 e. The normalized spacial score (nSPS) is 17.4. The molecule has 1 aromatic heterocycles. The summed E-state index contributed by atoms with van der Waals surface area (Å²) in [5.74, 6) is -0.315. The van der Waals surface area contributed by atoms with Crippen LogP contribution in [0.2, 0.25) is 0 Å². The van der Waals surface area contributed by atoms with Gasteiger partial charge in [-0.2, -0.15) is 4.98 Å². The third-order valence-corrected chi connectivity index (χ3v) is 4.35. The van der Waals surface area contributed by atoms with Crippen molar-refractivity contribution in [1.82, 2.24) is 19.8 Å². The van der Waals surface area contributed by atoms with Gasteiger partial charge >= 0.3 is 5.69 Å². The van der Waals surface area contributed by atoms with E-state index < -0.39 is 5.69 Å². The largest absolute Gasteiger partial charge is 0.345 e. The number of rotatable bonds is 2. The Balaban J connectivity index is 1.88. The molecule has 3 rings (SSSR count). The Hall–Kier alpha value is -2.96. The predicted octanol–water partition coefficient (Wildman–Crippen LogP) is 1.12. The van der Waals surface area contributed by atoms with Crippen LogP contribution in [0.25, 0.3) is 0 Å². The van der Waals surface area contributed by atoms with Crippen molar-refractivity contribution < 1.29 is 9.59 Å². The molecule has 1 aliphatic heterocycles. The number of nitrogens with one attached hydrogen (secondary N) is 1. The van der Waals surface area contributed by atoms with Crippen molar-refractivity contribution in [2.75, 3.05) is 19.6 Å². The Morgan fingerprint density at radius 3 is 2.56 bits per heavy atom. The van der Waals surface area contributed by atoms with Crippen molar-refractivity contribution in [3.05, 3.63) is 63.8 Å². The van der Waals surface area contributed by atoms with Crippen LogP contribution in [0.1, 0.15) is 34.7 Å². The standard InChI is InChI=1S/C18H20N4O3/c1-12-10-15(20-18(25)19-12)17(24)21-8-9-22(13(2)23)16(11-21)14-6-4-3-5-7-14/h3-7,10,16H,8-9,11H2,1-2H3,(H,19,20,25)/t16-/m1/s1. The third kappa shape index (κ3) is 3.60. The van der Waals surface area contributed by atoms with E-state index in [1.54, 1.807) is 22.8 Å². The lowest BCUT2D eigenvalue weighted by atomic mass is 10.0. The number of amides is 2. The second-order valence-electron chi connectivity index (χ2n) is 6.14. The van der Waals surface area contributed by atoms with E-state index in [0.717, 1.165) is 5.56 Å². The molecule has 2 amide bonds. The van der Waals surface area contributed by atoms with E-state index in [9.17, 15) is 14.4 Å². The number of carbonyl (C=O) groups excluding carboxylic acids is 2. The molecule has 0 aliphatic carbocycles. The molecular weight excluding hydrogens is 320 g/mol. The van der Waals surface area contributed by atoms with Crippen molar-refractivity contribution in [1.29, 1.82) is 0 Å². The molecule has 25 heavy (non-hydrogen) atoms. The second-order valence-corrected chi connectivity index (χ2v) is 6.14. The lowest BCUT2D eigenvalue weighted by Crippen LogP contribution is -2.52. The van der Waals surface area contributed by atoms with Gasteiger partial charge in [-0.3, -0.25) is 9.59 Å². The maximum atomic E-state index is 12.8. The van der Waals surface area contributed by atoms with Crippen LogP contribution in [0.15, 0.2) is 41.2 Å². The molecule has 1 aromatic carbocycles. The second kappa shape index (κ2) is 6.88. The van der Waals surface area contributed by atoms with Crippen molar-refractivity contribution in [2.24, 2.45) is 0 Å². The van der Waals surface area contributed by atoms with Gasteiger partial charge in [-0.05, 0) is 18.6 Å². The zero-order chi connectivity index (χ0) is 18.0. The number of nitrogens with zero attached hydrogens (tertiary/aromatic N) is 3. The van der Waals surface area contributed by atoms with Gasteiger partial charge in [0.25, 0.3) is 5.91 Å². The molecule has 1 fully saturated rings. The molecule has 7 heteroatoms. The van der Waals surface area contributed by atoms with Crippen LogP contribution in [0, 0.1) is 6.92 Å². The van der Waals surface area contributed by atoms with E-state index in [-0.39, 0.29) is 23.6 Å². The van der Waals surface area contributed by atoms with E-state index in [1.807, 2.05) is 30.3 Å². The average Bonchev–Trinajstić information content (AvgIpc) is 2.60. The smallest absolute Gasteiger partial charge is 0.333 e. The van der Waals surface area contributed by atoms with Gasteiger partial charge < -0.3 is 14.8 Å². The first-order valence-corrected chi connectivity index (χ1v) is 8.15. The fourth-order valence-electron chi connectivity index (χ4n) is 3.16. The molecule has 0 unspecified atom stereocenters. The molecular formula is C18H20N4O3. The van der Waals surface area contributed by atoms with Gasteiger partial charge in [-0.15, -0.1) is 0 Å². The summed E-state index contributed by atoms with van der Waals surface area (Å²) in [6.45, 7) is 4.48. The van der Waals surface area contributed by atoms with Crippen molar-refractivity contribution in [2.45, 2.75) is 19.9 Å². The number of H-pyrrole nitrogens is 1. The molecule has 0 saturated carbocycles. The van der Waals surface area contributed by atoms with Crippen molar-refractivity contribution >= 4 is 11.8 Å². The topological polar surface area (TPSA) is 86.4 Å². The van der Waals surface area contributed by atoms with Gasteiger partial charge in [0.05, 0.1) is 6.04 Å². The Morgan fingerprint density at radius 1 is 1.20 bits per heavy atom. The summed E-state index contributed by atoms with van der Waals surface area (Å²) in [7, 11) is 0. The first-order chi connectivity index (χ1) is 12.0. The highest BCUT2D eigenvalue weighted by atomic mass is 16.2. The van der Waals surface area contributed by atoms with Crippen LogP contribution in [-0.4, -0.2) is 51.2 Å². The number of aromatic amines is 1. The lowest BCUT2D eigenvalue weighted by molar-refractivity contribution is -0.133. The molecule has 2 heterocycles. The first-order valence-electron chi connectivity index (χ1n) is 8.15. The van der Waals surface area contributed by atoms with Crippen LogP contribution in [0.3, 0.4) is 0 Å². The Kier molecular flexibility index (Phi) is 4.65. The minimum atomic E-state index is -0.537. The van der Waals surface area contributed by atoms with Gasteiger partial charge in [0.1, 0.15) is 5.69 Å². The van der Waals surface area contributed by atoms with Crippen molar-refractivity contribution in [3.8, 4) is 0 Å². The van der Waals surface area contributed by atoms with Gasteiger partial charge in [0.2, 0.25) is 5.91 Å². The zero-order valence-electron chi connectivity index (χ0n) is 14.2. The number of piperazine rings is 1. The van der Waals surface area contributed by atoms with E-state index >= 15 is 0 Å². The minimum absolute atomic E-state index is 0.0222. The zero-order valence-corrected chi connectivity index (χ0v) is 14.2. The summed E-state index contributed by atoms with van der Waals surface area (Å²) in [5, 5.41) is 0. The van der Waals surface area contributed by atoms with Crippen molar-refractivity contribution in [3.63, 3.8) is 0 Å². The molecule has 130 valence electrons.